The number of hydrogen-bond donors (Lipinski definition) is 2. The van der Waals surface area contributed by atoms with Gasteiger partial charge < -0.3 is 0 Å². The van der Waals surface area contributed by atoms with E-state index in [1.807, 2.05) is 26.0 Å². The second kappa shape index (κ2) is 3.58. The zero-order valence-corrected chi connectivity index (χ0v) is 9.12. The number of likely N-dealkylation sites (N-methyl/N-ethyl adjacent to an activating group) is 1. The Morgan fingerprint density at radius 2 is 2.40 bits per heavy atom. The molecule has 0 spiro atoms. The Hall–Kier alpha value is -1.49. The minimum absolute atomic E-state index is 0.343. The molecular formula is C10H16N5+. The molecule has 1 atom stereocenters. The Morgan fingerprint density at radius 3 is 3.00 bits per heavy atom. The van der Waals surface area contributed by atoms with Crippen molar-refractivity contribution in [3.05, 3.63) is 12.2 Å². The van der Waals surface area contributed by atoms with Gasteiger partial charge >= 0.3 is 0 Å². The second-order valence-electron chi connectivity index (χ2n) is 3.56. The van der Waals surface area contributed by atoms with Crippen LogP contribution in [0.2, 0.25) is 0 Å². The molecule has 80 valence electrons. The molecule has 0 saturated heterocycles. The summed E-state index contributed by atoms with van der Waals surface area (Å²) in [4.78, 5) is 8.64. The fourth-order valence-electron chi connectivity index (χ4n) is 1.90. The molecule has 2 rings (SSSR count). The van der Waals surface area contributed by atoms with Gasteiger partial charge in [0, 0.05) is 12.6 Å². The zero-order valence-electron chi connectivity index (χ0n) is 9.12. The number of fused-ring (bicyclic) bond motifs is 1. The van der Waals surface area contributed by atoms with E-state index in [1.54, 1.807) is 0 Å². The Labute approximate surface area is 89.3 Å². The van der Waals surface area contributed by atoms with Crippen molar-refractivity contribution in [3.63, 3.8) is 0 Å². The topological polar surface area (TPSA) is 60.6 Å². The maximum absolute atomic E-state index is 8.01. The molecule has 0 fully saturated rings. The highest BCUT2D eigenvalue weighted by Gasteiger charge is 2.45. The smallest absolute Gasteiger partial charge is 0.252 e. The average Bonchev–Trinajstić information content (AvgIpc) is 2.59. The van der Waals surface area contributed by atoms with Gasteiger partial charge in [-0.3, -0.25) is 5.41 Å². The van der Waals surface area contributed by atoms with Crippen molar-refractivity contribution in [3.8, 4) is 0 Å². The van der Waals surface area contributed by atoms with Crippen LogP contribution in [0.1, 0.15) is 20.3 Å². The van der Waals surface area contributed by atoms with E-state index in [0.717, 1.165) is 12.4 Å². The van der Waals surface area contributed by atoms with E-state index < -0.39 is 0 Å². The molecule has 1 unspecified atom stereocenters. The fraction of sp³-hybridized carbons (Fsp3) is 0.500. The molecule has 0 amide bonds. The first-order valence-corrected chi connectivity index (χ1v) is 5.27. The first-order chi connectivity index (χ1) is 7.23. The third-order valence-corrected chi connectivity index (χ3v) is 2.72. The van der Waals surface area contributed by atoms with E-state index in [2.05, 4.69) is 15.4 Å². The van der Waals surface area contributed by atoms with Crippen molar-refractivity contribution in [2.75, 3.05) is 13.1 Å². The predicted octanol–water partition coefficient (Wildman–Crippen LogP) is 1.05. The lowest BCUT2D eigenvalue weighted by Crippen LogP contribution is -2.62. The summed E-state index contributed by atoms with van der Waals surface area (Å²) in [7, 11) is 0. The van der Waals surface area contributed by atoms with Gasteiger partial charge in [0.1, 0.15) is 6.54 Å². The normalized spacial score (nSPS) is 31.5. The quantitative estimate of drug-likeness (QED) is 0.652. The number of nitrogens with zero attached hydrogens (tertiary/aromatic N) is 3. The number of quaternary nitrogens is 1. The van der Waals surface area contributed by atoms with Gasteiger partial charge in [0.25, 0.3) is 11.8 Å². The van der Waals surface area contributed by atoms with Gasteiger partial charge in [-0.2, -0.15) is 10.4 Å². The lowest BCUT2D eigenvalue weighted by atomic mass is 10.2. The molecule has 0 aliphatic carbocycles. The SMILES string of the molecule is CCN=C1N=C2C=CCC(=N)[N+]2(CC)N1. The molecule has 0 bridgehead atoms. The summed E-state index contributed by atoms with van der Waals surface area (Å²) >= 11 is 0. The zero-order chi connectivity index (χ0) is 10.9. The van der Waals surface area contributed by atoms with Gasteiger partial charge in [-0.25, -0.2) is 4.99 Å². The number of rotatable bonds is 2. The summed E-state index contributed by atoms with van der Waals surface area (Å²) in [6, 6.07) is 0. The number of amidine groups is 2. The summed E-state index contributed by atoms with van der Waals surface area (Å²) in [6.45, 7) is 5.51. The van der Waals surface area contributed by atoms with Crippen molar-refractivity contribution >= 4 is 17.6 Å². The minimum atomic E-state index is 0.343. The second-order valence-corrected chi connectivity index (χ2v) is 3.56. The van der Waals surface area contributed by atoms with Gasteiger partial charge in [0.05, 0.1) is 6.42 Å². The molecule has 15 heavy (non-hydrogen) atoms. The molecular weight excluding hydrogens is 190 g/mol. The Balaban J connectivity index is 2.41. The third-order valence-electron chi connectivity index (χ3n) is 2.72. The van der Waals surface area contributed by atoms with Crippen LogP contribution < -0.4 is 5.43 Å². The first kappa shape index (κ1) is 10.0. The highest BCUT2D eigenvalue weighted by atomic mass is 15.7. The number of hydrogen-bond acceptors (Lipinski definition) is 2. The van der Waals surface area contributed by atoms with Crippen molar-refractivity contribution in [1.82, 2.24) is 5.43 Å². The van der Waals surface area contributed by atoms with Crippen molar-refractivity contribution in [1.29, 1.82) is 5.41 Å². The van der Waals surface area contributed by atoms with Gasteiger partial charge in [-0.05, 0) is 13.8 Å². The van der Waals surface area contributed by atoms with E-state index >= 15 is 0 Å². The largest absolute Gasteiger partial charge is 0.270 e. The van der Waals surface area contributed by atoms with E-state index in [0.29, 0.717) is 29.4 Å². The van der Waals surface area contributed by atoms with Crippen LogP contribution in [0.3, 0.4) is 0 Å². The van der Waals surface area contributed by atoms with Crippen molar-refractivity contribution in [2.24, 2.45) is 9.98 Å². The lowest BCUT2D eigenvalue weighted by Gasteiger charge is -2.31. The Kier molecular flexibility index (Phi) is 2.40. The molecule has 5 nitrogen and oxygen atoms in total. The summed E-state index contributed by atoms with van der Waals surface area (Å²) in [5, 5.41) is 8.01. The van der Waals surface area contributed by atoms with Gasteiger partial charge in [0.2, 0.25) is 5.84 Å². The predicted molar refractivity (Wildman–Crippen MR) is 60.8 cm³/mol. The molecule has 2 N–H and O–H groups in total. The molecule has 2 heterocycles. The summed E-state index contributed by atoms with van der Waals surface area (Å²) in [5.74, 6) is 2.15. The molecule has 0 aromatic rings. The molecule has 5 heteroatoms. The van der Waals surface area contributed by atoms with Gasteiger partial charge in [0.15, 0.2) is 0 Å². The van der Waals surface area contributed by atoms with Crippen LogP contribution in [0, 0.1) is 5.41 Å². The van der Waals surface area contributed by atoms with Crippen LogP contribution in [0.5, 0.6) is 0 Å². The highest BCUT2D eigenvalue weighted by molar-refractivity contribution is 6.08. The van der Waals surface area contributed by atoms with E-state index in [-0.39, 0.29) is 0 Å². The minimum Gasteiger partial charge on any atom is -0.252 e. The summed E-state index contributed by atoms with van der Waals surface area (Å²) in [5.41, 5.74) is 3.21. The van der Waals surface area contributed by atoms with Crippen molar-refractivity contribution < 1.29 is 4.59 Å². The molecule has 2 aliphatic rings. The van der Waals surface area contributed by atoms with Crippen LogP contribution in [-0.2, 0) is 0 Å². The molecule has 2 aliphatic heterocycles. The van der Waals surface area contributed by atoms with Crippen LogP contribution >= 0.6 is 0 Å². The molecule has 0 radical (unpaired) electrons. The number of guanidine groups is 1. The van der Waals surface area contributed by atoms with Gasteiger partial charge in [-0.15, -0.1) is 4.59 Å². The molecule has 0 aromatic heterocycles. The monoisotopic (exact) mass is 206 g/mol. The Morgan fingerprint density at radius 1 is 1.60 bits per heavy atom. The van der Waals surface area contributed by atoms with Crippen LogP contribution in [0.15, 0.2) is 22.1 Å². The maximum atomic E-state index is 8.01. The molecule has 0 saturated carbocycles. The summed E-state index contributed by atoms with van der Waals surface area (Å²) in [6.07, 6.45) is 4.63. The van der Waals surface area contributed by atoms with Crippen molar-refractivity contribution in [2.45, 2.75) is 20.3 Å². The van der Waals surface area contributed by atoms with Gasteiger partial charge in [-0.1, -0.05) is 6.08 Å². The first-order valence-electron chi connectivity index (χ1n) is 5.27. The Bertz CT molecular complexity index is 379. The maximum Gasteiger partial charge on any atom is 0.270 e. The standard InChI is InChI=1S/C10H16N5/c1-3-12-10-13-9-7-5-6-8(11)15(9,4-2)14-10/h5,7,11H,3-4,6H2,1-2H3,(H,12,14)/q+1. The van der Waals surface area contributed by atoms with E-state index in [4.69, 9.17) is 5.41 Å². The number of aliphatic imine (C=N–C) groups is 2. The third kappa shape index (κ3) is 1.39. The lowest BCUT2D eigenvalue weighted by molar-refractivity contribution is -0.781. The summed E-state index contributed by atoms with van der Waals surface area (Å²) < 4.78 is 0.343. The molecule has 0 aromatic carbocycles. The fourth-order valence-corrected chi connectivity index (χ4v) is 1.90. The number of nitrogens with one attached hydrogen (secondary N) is 2. The van der Waals surface area contributed by atoms with E-state index in [1.165, 1.54) is 0 Å². The van der Waals surface area contributed by atoms with E-state index in [9.17, 15) is 0 Å². The average molecular weight is 206 g/mol. The van der Waals surface area contributed by atoms with Crippen LogP contribution in [-0.4, -0.2) is 35.3 Å². The van der Waals surface area contributed by atoms with Crippen LogP contribution in [0.25, 0.3) is 0 Å². The van der Waals surface area contributed by atoms with Crippen LogP contribution in [0.4, 0.5) is 0 Å². The highest BCUT2D eigenvalue weighted by Crippen LogP contribution is 2.19.